The summed E-state index contributed by atoms with van der Waals surface area (Å²) in [6.07, 6.45) is 1.42. The third kappa shape index (κ3) is 4.27. The Labute approximate surface area is 184 Å². The van der Waals surface area contributed by atoms with Crippen LogP contribution in [-0.2, 0) is 11.3 Å². The zero-order valence-corrected chi connectivity index (χ0v) is 17.7. The molecule has 0 aliphatic carbocycles. The summed E-state index contributed by atoms with van der Waals surface area (Å²) in [5, 5.41) is 3.10. The van der Waals surface area contributed by atoms with Gasteiger partial charge in [0, 0.05) is 23.1 Å². The van der Waals surface area contributed by atoms with Crippen LogP contribution in [-0.4, -0.2) is 28.4 Å². The molecule has 160 valence electrons. The highest BCUT2D eigenvalue weighted by atomic mass is 16.5. The number of carbonyl (C=O) groups excluding carboxylic acids is 2. The quantitative estimate of drug-likeness (QED) is 0.475. The molecule has 4 aromatic rings. The summed E-state index contributed by atoms with van der Waals surface area (Å²) in [7, 11) is 1.57. The molecule has 2 aromatic heterocycles. The average molecular weight is 427 g/mol. The zero-order valence-electron chi connectivity index (χ0n) is 17.7. The van der Waals surface area contributed by atoms with E-state index in [1.54, 1.807) is 85.3 Å². The highest BCUT2D eigenvalue weighted by Crippen LogP contribution is 2.17. The molecule has 0 atom stereocenters. The van der Waals surface area contributed by atoms with Crippen molar-refractivity contribution in [3.63, 3.8) is 0 Å². The predicted molar refractivity (Wildman–Crippen MR) is 122 cm³/mol. The van der Waals surface area contributed by atoms with Gasteiger partial charge in [-0.1, -0.05) is 30.3 Å². The molecule has 1 amide bonds. The minimum atomic E-state index is -0.409. The summed E-state index contributed by atoms with van der Waals surface area (Å²) in [4.78, 5) is 43.3. The van der Waals surface area contributed by atoms with Gasteiger partial charge in [0.15, 0.2) is 5.78 Å². The molecule has 2 aromatic carbocycles. The van der Waals surface area contributed by atoms with Crippen LogP contribution in [0.3, 0.4) is 0 Å². The summed E-state index contributed by atoms with van der Waals surface area (Å²) < 4.78 is 6.67. The van der Waals surface area contributed by atoms with Crippen LogP contribution in [0.4, 0.5) is 5.69 Å². The second-order valence-electron chi connectivity index (χ2n) is 7.30. The Morgan fingerprint density at radius 2 is 1.72 bits per heavy atom. The van der Waals surface area contributed by atoms with Gasteiger partial charge < -0.3 is 14.6 Å². The van der Waals surface area contributed by atoms with Gasteiger partial charge >= 0.3 is 0 Å². The Morgan fingerprint density at radius 3 is 2.41 bits per heavy atom. The molecular weight excluding hydrogens is 406 g/mol. The van der Waals surface area contributed by atoms with Crippen LogP contribution in [0.5, 0.6) is 5.75 Å². The molecule has 0 bridgehead atoms. The van der Waals surface area contributed by atoms with Gasteiger partial charge in [0.25, 0.3) is 0 Å². The largest absolute Gasteiger partial charge is 0.497 e. The number of aryl methyl sites for hydroxylation is 1. The number of rotatable bonds is 6. The number of aromatic nitrogens is 2. The van der Waals surface area contributed by atoms with Gasteiger partial charge in [-0.2, -0.15) is 0 Å². The Kier molecular flexibility index (Phi) is 5.81. The van der Waals surface area contributed by atoms with E-state index >= 15 is 0 Å². The fourth-order valence-corrected chi connectivity index (χ4v) is 3.42. The van der Waals surface area contributed by atoms with Crippen molar-refractivity contribution in [3.8, 4) is 5.75 Å². The molecule has 0 fully saturated rings. The Morgan fingerprint density at radius 1 is 1.00 bits per heavy atom. The number of nitrogens with zero attached hydrogens (tertiary/aromatic N) is 2. The second-order valence-corrected chi connectivity index (χ2v) is 7.30. The van der Waals surface area contributed by atoms with Gasteiger partial charge in [0.05, 0.1) is 18.1 Å². The van der Waals surface area contributed by atoms with Crippen LogP contribution in [0.15, 0.2) is 77.7 Å². The Bertz CT molecular complexity index is 1360. The van der Waals surface area contributed by atoms with Crippen molar-refractivity contribution in [2.75, 3.05) is 12.4 Å². The summed E-state index contributed by atoms with van der Waals surface area (Å²) in [6.45, 7) is 1.68. The van der Waals surface area contributed by atoms with Crippen LogP contribution in [0, 0.1) is 6.92 Å². The van der Waals surface area contributed by atoms with Crippen molar-refractivity contribution in [1.82, 2.24) is 9.55 Å². The van der Waals surface area contributed by atoms with Crippen molar-refractivity contribution in [2.24, 2.45) is 0 Å². The predicted octanol–water partition coefficient (Wildman–Crippen LogP) is 3.58. The number of amides is 1. The first-order valence-corrected chi connectivity index (χ1v) is 10.0. The molecule has 0 aliphatic rings. The molecule has 32 heavy (non-hydrogen) atoms. The van der Waals surface area contributed by atoms with Gasteiger partial charge in [-0.3, -0.25) is 14.4 Å². The highest BCUT2D eigenvalue weighted by Gasteiger charge is 2.19. The van der Waals surface area contributed by atoms with Crippen LogP contribution >= 0.6 is 0 Å². The number of nitrogens with one attached hydrogen (secondary N) is 1. The van der Waals surface area contributed by atoms with E-state index in [9.17, 15) is 14.4 Å². The molecule has 0 spiro atoms. The lowest BCUT2D eigenvalue weighted by Crippen LogP contribution is -2.25. The van der Waals surface area contributed by atoms with E-state index in [1.165, 1.54) is 6.20 Å². The van der Waals surface area contributed by atoms with E-state index in [2.05, 4.69) is 10.3 Å². The summed E-state index contributed by atoms with van der Waals surface area (Å²) in [5.41, 5.74) is 1.64. The normalized spacial score (nSPS) is 10.7. The monoisotopic (exact) mass is 427 g/mol. The molecule has 4 rings (SSSR count). The van der Waals surface area contributed by atoms with Gasteiger partial charge in [-0.15, -0.1) is 0 Å². The number of hydrogen-bond acceptors (Lipinski definition) is 5. The molecule has 0 aliphatic heterocycles. The second kappa shape index (κ2) is 8.85. The minimum Gasteiger partial charge on any atom is -0.497 e. The molecular formula is C25H21N3O4. The van der Waals surface area contributed by atoms with Gasteiger partial charge in [0.1, 0.15) is 17.9 Å². The lowest BCUT2D eigenvalue weighted by molar-refractivity contribution is -0.116. The van der Waals surface area contributed by atoms with E-state index in [1.807, 2.05) is 0 Å². The summed E-state index contributed by atoms with van der Waals surface area (Å²) in [6, 6.07) is 18.9. The van der Waals surface area contributed by atoms with E-state index in [0.717, 1.165) is 0 Å². The van der Waals surface area contributed by atoms with E-state index < -0.39 is 11.2 Å². The summed E-state index contributed by atoms with van der Waals surface area (Å²) in [5.74, 6) is -0.0398. The van der Waals surface area contributed by atoms with E-state index in [4.69, 9.17) is 4.74 Å². The molecule has 2 heterocycles. The van der Waals surface area contributed by atoms with Crippen molar-refractivity contribution in [2.45, 2.75) is 13.5 Å². The van der Waals surface area contributed by atoms with Gasteiger partial charge in [-0.25, -0.2) is 4.98 Å². The Balaban J connectivity index is 1.72. The molecule has 7 heteroatoms. The van der Waals surface area contributed by atoms with Crippen molar-refractivity contribution in [1.29, 1.82) is 0 Å². The van der Waals surface area contributed by atoms with Crippen molar-refractivity contribution < 1.29 is 14.3 Å². The number of methoxy groups -OCH3 is 1. The maximum Gasteiger partial charge on any atom is 0.244 e. The zero-order chi connectivity index (χ0) is 22.7. The topological polar surface area (TPSA) is 90.3 Å². The molecule has 0 unspecified atom stereocenters. The lowest BCUT2D eigenvalue weighted by atomic mass is 10.0. The minimum absolute atomic E-state index is 0.00778. The number of fused-ring (bicyclic) bond motifs is 1. The van der Waals surface area contributed by atoms with Crippen LogP contribution in [0.2, 0.25) is 0 Å². The van der Waals surface area contributed by atoms with Crippen LogP contribution in [0.25, 0.3) is 11.0 Å². The fraction of sp³-hybridized carbons (Fsp3) is 0.120. The number of anilines is 1. The molecule has 0 radical (unpaired) electrons. The van der Waals surface area contributed by atoms with Crippen LogP contribution in [0.1, 0.15) is 21.6 Å². The first kappa shape index (κ1) is 21.0. The van der Waals surface area contributed by atoms with E-state index in [0.29, 0.717) is 28.3 Å². The summed E-state index contributed by atoms with van der Waals surface area (Å²) >= 11 is 0. The smallest absolute Gasteiger partial charge is 0.244 e. The third-order valence-corrected chi connectivity index (χ3v) is 5.03. The number of hydrogen-bond donors (Lipinski definition) is 1. The number of carbonyl (C=O) groups is 2. The average Bonchev–Trinajstić information content (AvgIpc) is 2.81. The maximum atomic E-state index is 13.1. The first-order chi connectivity index (χ1) is 15.5. The number of ketones is 1. The van der Waals surface area contributed by atoms with Gasteiger partial charge in [-0.05, 0) is 43.3 Å². The molecule has 1 N–H and O–H groups in total. The molecule has 0 saturated heterocycles. The maximum absolute atomic E-state index is 13.1. The lowest BCUT2D eigenvalue weighted by Gasteiger charge is -2.13. The standard InChI is InChI=1S/C25H21N3O4/c1-16-8-13-20-24(31)21(23(30)17-6-4-3-5-7-17)14-28(25(20)26-16)15-22(29)27-18-9-11-19(32-2)12-10-18/h3-14H,15H2,1-2H3,(H,27,29). The van der Waals surface area contributed by atoms with Crippen molar-refractivity contribution >= 4 is 28.4 Å². The van der Waals surface area contributed by atoms with E-state index in [-0.39, 0.29) is 23.4 Å². The number of pyridine rings is 2. The molecule has 0 saturated carbocycles. The Hall–Kier alpha value is -4.26. The highest BCUT2D eigenvalue weighted by molar-refractivity contribution is 6.10. The van der Waals surface area contributed by atoms with Crippen LogP contribution < -0.4 is 15.5 Å². The number of benzene rings is 2. The van der Waals surface area contributed by atoms with Crippen molar-refractivity contribution in [3.05, 3.63) is 100.0 Å². The number of ether oxygens (including phenoxy) is 1. The SMILES string of the molecule is COc1ccc(NC(=O)Cn2cc(C(=O)c3ccccc3)c(=O)c3ccc(C)nc32)cc1. The first-order valence-electron chi connectivity index (χ1n) is 10.0. The third-order valence-electron chi connectivity index (χ3n) is 5.03. The fourth-order valence-electron chi connectivity index (χ4n) is 3.42. The van der Waals surface area contributed by atoms with Gasteiger partial charge in [0.2, 0.25) is 11.3 Å². The molecule has 7 nitrogen and oxygen atoms in total.